The molecule has 0 aliphatic rings. The second-order valence-electron chi connectivity index (χ2n) is 6.27. The lowest BCUT2D eigenvalue weighted by atomic mass is 10.1. The van der Waals surface area contributed by atoms with Crippen LogP contribution in [0.4, 0.5) is 35.2 Å². The summed E-state index contributed by atoms with van der Waals surface area (Å²) in [6.07, 6.45) is -3.59. The molecule has 0 saturated carbocycles. The summed E-state index contributed by atoms with van der Waals surface area (Å²) >= 11 is 0. The Morgan fingerprint density at radius 3 is 2.36 bits per heavy atom. The molecule has 3 amide bonds. The number of rotatable bonds is 6. The van der Waals surface area contributed by atoms with Crippen molar-refractivity contribution in [3.63, 3.8) is 0 Å². The number of benzene rings is 2. The van der Waals surface area contributed by atoms with Crippen LogP contribution in [0.25, 0.3) is 10.4 Å². The topological polar surface area (TPSA) is 168 Å². The number of hydrogen-bond donors (Lipinski definition) is 3. The molecular weight excluding hydrogens is 445 g/mol. The minimum Gasteiger partial charge on any atom is -0.439 e. The van der Waals surface area contributed by atoms with Gasteiger partial charge in [0.1, 0.15) is 17.9 Å². The number of aromatic nitrogens is 2. The van der Waals surface area contributed by atoms with Crippen molar-refractivity contribution >= 4 is 29.1 Å². The van der Waals surface area contributed by atoms with Crippen LogP contribution in [0.3, 0.4) is 0 Å². The molecule has 1 heterocycles. The maximum absolute atomic E-state index is 13.0. The van der Waals surface area contributed by atoms with Gasteiger partial charge in [-0.1, -0.05) is 0 Å². The van der Waals surface area contributed by atoms with Crippen molar-refractivity contribution in [1.29, 1.82) is 0 Å². The number of ether oxygens (including phenoxy) is 1. The molecule has 33 heavy (non-hydrogen) atoms. The Balaban J connectivity index is 1.68. The first-order valence-corrected chi connectivity index (χ1v) is 8.89. The lowest BCUT2D eigenvalue weighted by molar-refractivity contribution is -0.137. The Bertz CT molecular complexity index is 1240. The molecule has 0 spiro atoms. The zero-order valence-corrected chi connectivity index (χ0v) is 16.4. The van der Waals surface area contributed by atoms with Gasteiger partial charge in [0.15, 0.2) is 0 Å². The van der Waals surface area contributed by atoms with Gasteiger partial charge in [-0.05, 0) is 53.1 Å². The third-order valence-corrected chi connectivity index (χ3v) is 3.91. The predicted molar refractivity (Wildman–Crippen MR) is 110 cm³/mol. The Labute approximate surface area is 183 Å². The van der Waals surface area contributed by atoms with Crippen LogP contribution in [0.15, 0.2) is 60.0 Å². The molecule has 1 aromatic heterocycles. The number of azide groups is 1. The molecule has 0 bridgehead atoms. The predicted octanol–water partition coefficient (Wildman–Crippen LogP) is 4.97. The molecule has 2 aromatic carbocycles. The highest BCUT2D eigenvalue weighted by Gasteiger charge is 2.31. The summed E-state index contributed by atoms with van der Waals surface area (Å²) in [6, 6.07) is 8.66. The minimum absolute atomic E-state index is 0.0616. The molecule has 3 rings (SSSR count). The number of amides is 3. The van der Waals surface area contributed by atoms with Crippen LogP contribution in [0.5, 0.6) is 11.6 Å². The van der Waals surface area contributed by atoms with Gasteiger partial charge >= 0.3 is 12.2 Å². The van der Waals surface area contributed by atoms with Gasteiger partial charge in [0.25, 0.3) is 0 Å². The SMILES string of the molecule is [N-]=[N+]=Nc1cc(Oc2ccc(NC(=O)Nc3cc(C(N)=O)cc(C(F)(F)F)c3)cc2)ncn1. The summed E-state index contributed by atoms with van der Waals surface area (Å²) in [7, 11) is 0. The molecule has 0 atom stereocenters. The lowest BCUT2D eigenvalue weighted by Gasteiger charge is -2.13. The number of nitrogens with two attached hydrogens (primary N) is 1. The molecular formula is C19H13F3N8O3. The van der Waals surface area contributed by atoms with Crippen molar-refractivity contribution in [1.82, 2.24) is 9.97 Å². The van der Waals surface area contributed by atoms with Crippen LogP contribution < -0.4 is 21.1 Å². The van der Waals surface area contributed by atoms with Gasteiger partial charge in [0, 0.05) is 27.9 Å². The number of nitrogens with one attached hydrogen (secondary N) is 2. The second kappa shape index (κ2) is 9.53. The standard InChI is InChI=1S/C19H13F3N8O3/c20-19(21,22)11-5-10(17(23)31)6-13(7-11)28-18(32)27-12-1-3-14(4-2-12)33-16-8-15(29-30-24)25-9-26-16/h1-9H,(H2,23,31)(H2,27,28,32). The van der Waals surface area contributed by atoms with Gasteiger partial charge in [-0.15, -0.1) is 0 Å². The van der Waals surface area contributed by atoms with Crippen LogP contribution in [0.1, 0.15) is 15.9 Å². The monoisotopic (exact) mass is 458 g/mol. The number of hydrogen-bond acceptors (Lipinski definition) is 6. The van der Waals surface area contributed by atoms with E-state index in [1.54, 1.807) is 0 Å². The fraction of sp³-hybridized carbons (Fsp3) is 0.0526. The summed E-state index contributed by atoms with van der Waals surface area (Å²) in [5, 5.41) is 7.99. The fourth-order valence-electron chi connectivity index (χ4n) is 2.51. The lowest BCUT2D eigenvalue weighted by Crippen LogP contribution is -2.21. The van der Waals surface area contributed by atoms with E-state index in [1.807, 2.05) is 0 Å². The number of carbonyl (C=O) groups excluding carboxylic acids is 2. The van der Waals surface area contributed by atoms with E-state index in [0.717, 1.165) is 12.4 Å². The second-order valence-corrected chi connectivity index (χ2v) is 6.27. The zero-order chi connectivity index (χ0) is 24.0. The first-order chi connectivity index (χ1) is 15.6. The average molecular weight is 458 g/mol. The number of urea groups is 1. The van der Waals surface area contributed by atoms with Crippen molar-refractivity contribution in [3.05, 3.63) is 76.4 Å². The number of anilines is 2. The largest absolute Gasteiger partial charge is 0.439 e. The summed E-state index contributed by atoms with van der Waals surface area (Å²) < 4.78 is 44.6. The molecule has 0 aliphatic heterocycles. The highest BCUT2D eigenvalue weighted by molar-refractivity contribution is 6.01. The van der Waals surface area contributed by atoms with E-state index in [4.69, 9.17) is 16.0 Å². The molecule has 11 nitrogen and oxygen atoms in total. The van der Waals surface area contributed by atoms with Crippen LogP contribution in [-0.2, 0) is 6.18 Å². The van der Waals surface area contributed by atoms with Crippen molar-refractivity contribution < 1.29 is 27.5 Å². The number of primary amides is 1. The third kappa shape index (κ3) is 6.32. The molecule has 14 heteroatoms. The van der Waals surface area contributed by atoms with Crippen molar-refractivity contribution in [3.8, 4) is 11.6 Å². The van der Waals surface area contributed by atoms with Crippen LogP contribution >= 0.6 is 0 Å². The molecule has 4 N–H and O–H groups in total. The van der Waals surface area contributed by atoms with Gasteiger partial charge in [0.05, 0.1) is 5.56 Å². The van der Waals surface area contributed by atoms with Gasteiger partial charge < -0.3 is 21.1 Å². The highest BCUT2D eigenvalue weighted by Crippen LogP contribution is 2.32. The smallest absolute Gasteiger partial charge is 0.416 e. The first-order valence-electron chi connectivity index (χ1n) is 8.89. The van der Waals surface area contributed by atoms with Gasteiger partial charge in [-0.25, -0.2) is 14.8 Å². The zero-order valence-electron chi connectivity index (χ0n) is 16.4. The highest BCUT2D eigenvalue weighted by atomic mass is 19.4. The average Bonchev–Trinajstić information content (AvgIpc) is 2.75. The van der Waals surface area contributed by atoms with Crippen molar-refractivity contribution in [2.75, 3.05) is 10.6 Å². The Morgan fingerprint density at radius 1 is 1.03 bits per heavy atom. The molecule has 0 saturated heterocycles. The maximum atomic E-state index is 13.0. The van der Waals surface area contributed by atoms with E-state index >= 15 is 0 Å². The van der Waals surface area contributed by atoms with Crippen molar-refractivity contribution in [2.45, 2.75) is 6.18 Å². The van der Waals surface area contributed by atoms with Crippen molar-refractivity contribution in [2.24, 2.45) is 10.8 Å². The number of halogens is 3. The quantitative estimate of drug-likeness (QED) is 0.269. The van der Waals surface area contributed by atoms with Crippen LogP contribution in [0, 0.1) is 0 Å². The summed E-state index contributed by atoms with van der Waals surface area (Å²) in [5.74, 6) is -0.571. The fourth-order valence-corrected chi connectivity index (χ4v) is 2.51. The molecule has 0 radical (unpaired) electrons. The normalized spacial score (nSPS) is 10.6. The van der Waals surface area contributed by atoms with E-state index in [9.17, 15) is 22.8 Å². The Kier molecular flexibility index (Phi) is 6.60. The van der Waals surface area contributed by atoms with E-state index in [2.05, 4.69) is 30.6 Å². The van der Waals surface area contributed by atoms with E-state index < -0.39 is 29.2 Å². The molecule has 168 valence electrons. The molecule has 0 fully saturated rings. The third-order valence-electron chi connectivity index (χ3n) is 3.91. The van der Waals surface area contributed by atoms with E-state index in [-0.39, 0.29) is 17.4 Å². The summed E-state index contributed by atoms with van der Waals surface area (Å²) in [5.41, 5.74) is 12.0. The summed E-state index contributed by atoms with van der Waals surface area (Å²) in [4.78, 5) is 33.7. The molecule has 0 unspecified atom stereocenters. The van der Waals surface area contributed by atoms with Gasteiger partial charge in [-0.2, -0.15) is 13.2 Å². The van der Waals surface area contributed by atoms with Crippen LogP contribution in [0.2, 0.25) is 0 Å². The van der Waals surface area contributed by atoms with E-state index in [1.165, 1.54) is 30.3 Å². The number of nitrogens with zero attached hydrogens (tertiary/aromatic N) is 5. The first kappa shape index (κ1) is 22.8. The Hall–Kier alpha value is -4.84. The molecule has 3 aromatic rings. The maximum Gasteiger partial charge on any atom is 0.416 e. The Morgan fingerprint density at radius 2 is 1.73 bits per heavy atom. The molecule has 0 aliphatic carbocycles. The minimum atomic E-state index is -4.74. The van der Waals surface area contributed by atoms with Gasteiger partial charge in [0.2, 0.25) is 11.8 Å². The van der Waals surface area contributed by atoms with Gasteiger partial charge in [-0.3, -0.25) is 4.79 Å². The van der Waals surface area contributed by atoms with E-state index in [0.29, 0.717) is 23.6 Å². The van der Waals surface area contributed by atoms with Crippen LogP contribution in [-0.4, -0.2) is 21.9 Å². The number of carbonyl (C=O) groups is 2. The summed E-state index contributed by atoms with van der Waals surface area (Å²) in [6.45, 7) is 0. The number of alkyl halides is 3.